The first-order valence-electron chi connectivity index (χ1n) is 6.23. The van der Waals surface area contributed by atoms with Gasteiger partial charge in [-0.3, -0.25) is 4.79 Å². The van der Waals surface area contributed by atoms with Gasteiger partial charge in [-0.05, 0) is 17.7 Å². The fourth-order valence-electron chi connectivity index (χ4n) is 1.45. The molecule has 0 heterocycles. The molecule has 0 saturated carbocycles. The molecule has 4 heteroatoms. The van der Waals surface area contributed by atoms with Crippen LogP contribution in [0.25, 0.3) is 0 Å². The Morgan fingerprint density at radius 3 is 2.50 bits per heavy atom. The molecule has 0 spiro atoms. The van der Waals surface area contributed by atoms with Crippen LogP contribution in [-0.2, 0) is 16.1 Å². The molecular weight excluding hydrogens is 228 g/mol. The Hall–Kier alpha value is -1.39. The van der Waals surface area contributed by atoms with E-state index in [4.69, 9.17) is 4.74 Å². The van der Waals surface area contributed by atoms with Crippen molar-refractivity contribution in [3.8, 4) is 0 Å². The molecule has 18 heavy (non-hydrogen) atoms. The van der Waals surface area contributed by atoms with Crippen LogP contribution in [0.15, 0.2) is 24.3 Å². The second-order valence-corrected chi connectivity index (χ2v) is 4.52. The van der Waals surface area contributed by atoms with Gasteiger partial charge in [0.25, 0.3) is 0 Å². The Morgan fingerprint density at radius 2 is 1.94 bits per heavy atom. The number of amides is 1. The SMILES string of the molecule is COCCC(=O)Nc1ccc(CNC(C)C)cc1. The summed E-state index contributed by atoms with van der Waals surface area (Å²) in [5.41, 5.74) is 2.03. The summed E-state index contributed by atoms with van der Waals surface area (Å²) in [5, 5.41) is 6.18. The van der Waals surface area contributed by atoms with E-state index < -0.39 is 0 Å². The van der Waals surface area contributed by atoms with E-state index in [1.54, 1.807) is 7.11 Å². The highest BCUT2D eigenvalue weighted by Gasteiger charge is 2.02. The maximum atomic E-state index is 11.5. The summed E-state index contributed by atoms with van der Waals surface area (Å²) in [6, 6.07) is 8.34. The van der Waals surface area contributed by atoms with E-state index in [1.165, 1.54) is 5.56 Å². The molecule has 100 valence electrons. The number of rotatable bonds is 7. The highest BCUT2D eigenvalue weighted by Crippen LogP contribution is 2.10. The van der Waals surface area contributed by atoms with Gasteiger partial charge in [0.2, 0.25) is 5.91 Å². The quantitative estimate of drug-likeness (QED) is 0.779. The minimum Gasteiger partial charge on any atom is -0.384 e. The number of benzene rings is 1. The monoisotopic (exact) mass is 250 g/mol. The third-order valence-corrected chi connectivity index (χ3v) is 2.49. The first-order valence-corrected chi connectivity index (χ1v) is 6.23. The van der Waals surface area contributed by atoms with Crippen LogP contribution in [0.2, 0.25) is 0 Å². The Kier molecular flexibility index (Phi) is 6.39. The third-order valence-electron chi connectivity index (χ3n) is 2.49. The molecule has 1 rings (SSSR count). The van der Waals surface area contributed by atoms with Gasteiger partial charge in [-0.1, -0.05) is 26.0 Å². The van der Waals surface area contributed by atoms with E-state index in [2.05, 4.69) is 24.5 Å². The summed E-state index contributed by atoms with van der Waals surface area (Å²) in [6.07, 6.45) is 0.382. The highest BCUT2D eigenvalue weighted by atomic mass is 16.5. The number of carbonyl (C=O) groups is 1. The smallest absolute Gasteiger partial charge is 0.226 e. The predicted molar refractivity (Wildman–Crippen MR) is 73.5 cm³/mol. The Morgan fingerprint density at radius 1 is 1.28 bits per heavy atom. The van der Waals surface area contributed by atoms with Crippen molar-refractivity contribution in [2.45, 2.75) is 32.9 Å². The fraction of sp³-hybridized carbons (Fsp3) is 0.500. The molecule has 1 aromatic carbocycles. The number of hydrogen-bond acceptors (Lipinski definition) is 3. The van der Waals surface area contributed by atoms with Crippen LogP contribution >= 0.6 is 0 Å². The van der Waals surface area contributed by atoms with Crippen LogP contribution < -0.4 is 10.6 Å². The number of anilines is 1. The van der Waals surface area contributed by atoms with Gasteiger partial charge >= 0.3 is 0 Å². The number of carbonyl (C=O) groups excluding carboxylic acids is 1. The average Bonchev–Trinajstić information content (AvgIpc) is 2.35. The number of hydrogen-bond donors (Lipinski definition) is 2. The largest absolute Gasteiger partial charge is 0.384 e. The normalized spacial score (nSPS) is 10.7. The molecule has 1 amide bonds. The summed E-state index contributed by atoms with van der Waals surface area (Å²) < 4.78 is 4.85. The molecule has 0 aliphatic rings. The lowest BCUT2D eigenvalue weighted by molar-refractivity contribution is -0.117. The first kappa shape index (κ1) is 14.7. The van der Waals surface area contributed by atoms with Crippen LogP contribution in [0.4, 0.5) is 5.69 Å². The lowest BCUT2D eigenvalue weighted by Crippen LogP contribution is -2.21. The average molecular weight is 250 g/mol. The van der Waals surface area contributed by atoms with Crippen molar-refractivity contribution in [2.24, 2.45) is 0 Å². The summed E-state index contributed by atoms with van der Waals surface area (Å²) in [5.74, 6) is -0.0232. The predicted octanol–water partition coefficient (Wildman–Crippen LogP) is 2.16. The van der Waals surface area contributed by atoms with E-state index in [0.717, 1.165) is 12.2 Å². The standard InChI is InChI=1S/C14H22N2O2/c1-11(2)15-10-12-4-6-13(7-5-12)16-14(17)8-9-18-3/h4-7,11,15H,8-10H2,1-3H3,(H,16,17). The number of ether oxygens (including phenoxy) is 1. The maximum absolute atomic E-state index is 11.5. The molecule has 0 fully saturated rings. The van der Waals surface area contributed by atoms with Gasteiger partial charge in [-0.2, -0.15) is 0 Å². The Bertz CT molecular complexity index is 361. The summed E-state index contributed by atoms with van der Waals surface area (Å²) in [4.78, 5) is 11.5. The molecule has 0 aliphatic heterocycles. The molecule has 2 N–H and O–H groups in total. The van der Waals surface area contributed by atoms with Gasteiger partial charge in [-0.25, -0.2) is 0 Å². The summed E-state index contributed by atoms with van der Waals surface area (Å²) in [6.45, 7) is 5.52. The zero-order chi connectivity index (χ0) is 13.4. The van der Waals surface area contributed by atoms with E-state index in [-0.39, 0.29) is 5.91 Å². The molecule has 0 aliphatic carbocycles. The molecular formula is C14H22N2O2. The van der Waals surface area contributed by atoms with Crippen molar-refractivity contribution in [2.75, 3.05) is 19.0 Å². The summed E-state index contributed by atoms with van der Waals surface area (Å²) >= 11 is 0. The molecule has 0 aromatic heterocycles. The van der Waals surface area contributed by atoms with E-state index in [0.29, 0.717) is 19.1 Å². The second-order valence-electron chi connectivity index (χ2n) is 4.52. The van der Waals surface area contributed by atoms with Crippen LogP contribution in [0.1, 0.15) is 25.8 Å². The maximum Gasteiger partial charge on any atom is 0.226 e. The van der Waals surface area contributed by atoms with Gasteiger partial charge < -0.3 is 15.4 Å². The minimum atomic E-state index is -0.0232. The van der Waals surface area contributed by atoms with Crippen molar-refractivity contribution in [3.63, 3.8) is 0 Å². The third kappa shape index (κ3) is 5.80. The van der Waals surface area contributed by atoms with Crippen molar-refractivity contribution < 1.29 is 9.53 Å². The van der Waals surface area contributed by atoms with Gasteiger partial charge in [0.15, 0.2) is 0 Å². The van der Waals surface area contributed by atoms with Gasteiger partial charge in [0.1, 0.15) is 0 Å². The van der Waals surface area contributed by atoms with Crippen LogP contribution in [0.5, 0.6) is 0 Å². The molecule has 0 radical (unpaired) electrons. The van der Waals surface area contributed by atoms with Crippen molar-refractivity contribution in [3.05, 3.63) is 29.8 Å². The Balaban J connectivity index is 2.42. The van der Waals surface area contributed by atoms with Gasteiger partial charge in [0, 0.05) is 25.4 Å². The molecule has 1 aromatic rings. The van der Waals surface area contributed by atoms with Crippen LogP contribution in [0, 0.1) is 0 Å². The fourth-order valence-corrected chi connectivity index (χ4v) is 1.45. The zero-order valence-corrected chi connectivity index (χ0v) is 11.3. The highest BCUT2D eigenvalue weighted by molar-refractivity contribution is 5.90. The van der Waals surface area contributed by atoms with Crippen LogP contribution in [0.3, 0.4) is 0 Å². The summed E-state index contributed by atoms with van der Waals surface area (Å²) in [7, 11) is 1.59. The molecule has 0 atom stereocenters. The van der Waals surface area contributed by atoms with Crippen LogP contribution in [-0.4, -0.2) is 25.7 Å². The first-order chi connectivity index (χ1) is 8.61. The zero-order valence-electron chi connectivity index (χ0n) is 11.3. The molecule has 0 unspecified atom stereocenters. The van der Waals surface area contributed by atoms with Gasteiger partial charge in [-0.15, -0.1) is 0 Å². The van der Waals surface area contributed by atoms with E-state index in [9.17, 15) is 4.79 Å². The van der Waals surface area contributed by atoms with E-state index in [1.807, 2.05) is 24.3 Å². The molecule has 0 bridgehead atoms. The Labute approximate surface area is 109 Å². The van der Waals surface area contributed by atoms with Crippen molar-refractivity contribution >= 4 is 11.6 Å². The second kappa shape index (κ2) is 7.84. The minimum absolute atomic E-state index is 0.0232. The number of methoxy groups -OCH3 is 1. The molecule has 4 nitrogen and oxygen atoms in total. The lowest BCUT2D eigenvalue weighted by atomic mass is 10.2. The van der Waals surface area contributed by atoms with Crippen molar-refractivity contribution in [1.82, 2.24) is 5.32 Å². The van der Waals surface area contributed by atoms with Gasteiger partial charge in [0.05, 0.1) is 13.0 Å². The topological polar surface area (TPSA) is 50.4 Å². The van der Waals surface area contributed by atoms with E-state index >= 15 is 0 Å². The number of nitrogens with one attached hydrogen (secondary N) is 2. The lowest BCUT2D eigenvalue weighted by Gasteiger charge is -2.09. The van der Waals surface area contributed by atoms with Crippen molar-refractivity contribution in [1.29, 1.82) is 0 Å². The molecule has 0 saturated heterocycles.